The molecule has 3 rings (SSSR count). The summed E-state index contributed by atoms with van der Waals surface area (Å²) in [5.74, 6) is 1.24. The van der Waals surface area contributed by atoms with Crippen molar-refractivity contribution in [3.63, 3.8) is 0 Å². The Hall–Kier alpha value is -1.58. The van der Waals surface area contributed by atoms with Crippen LogP contribution in [-0.2, 0) is 0 Å². The summed E-state index contributed by atoms with van der Waals surface area (Å²) in [6, 6.07) is 9.13. The van der Waals surface area contributed by atoms with Gasteiger partial charge >= 0.3 is 0 Å². The van der Waals surface area contributed by atoms with E-state index in [-0.39, 0.29) is 5.92 Å². The quantitative estimate of drug-likeness (QED) is 0.464. The van der Waals surface area contributed by atoms with Gasteiger partial charge in [-0.05, 0) is 74.6 Å². The Morgan fingerprint density at radius 1 is 1.04 bits per heavy atom. The van der Waals surface area contributed by atoms with E-state index >= 15 is 0 Å². The van der Waals surface area contributed by atoms with Crippen LogP contribution in [0.1, 0.15) is 88.9 Å². The van der Waals surface area contributed by atoms with Crippen LogP contribution in [-0.4, -0.2) is 0 Å². The van der Waals surface area contributed by atoms with E-state index in [1.165, 1.54) is 49.8 Å². The first-order valence-corrected chi connectivity index (χ1v) is 11.6. The van der Waals surface area contributed by atoms with Gasteiger partial charge in [0.05, 0.1) is 12.1 Å². The molecule has 0 aromatic carbocycles. The lowest BCUT2D eigenvalue weighted by atomic mass is 9.56. The van der Waals surface area contributed by atoms with Crippen LogP contribution in [0.5, 0.6) is 0 Å². The highest BCUT2D eigenvalue weighted by molar-refractivity contribution is 7.10. The molecule has 0 bridgehead atoms. The molecular formula is C24H32N2S. The van der Waals surface area contributed by atoms with E-state index < -0.39 is 5.41 Å². The number of nitrogens with zero attached hydrogens (tertiary/aromatic N) is 2. The molecule has 0 amide bonds. The fourth-order valence-electron chi connectivity index (χ4n) is 5.29. The number of fused-ring (bicyclic) bond motifs is 1. The fourth-order valence-corrected chi connectivity index (χ4v) is 6.22. The molecule has 1 fully saturated rings. The van der Waals surface area contributed by atoms with Gasteiger partial charge in [-0.25, -0.2) is 0 Å². The SMILES string of the molecule is CCCCC1=C(CCCC)C[C@H]2CC(C#N)(C#N)[C@@H](c3cccs3)C[C@H]2C1. The summed E-state index contributed by atoms with van der Waals surface area (Å²) in [6.45, 7) is 4.54. The Balaban J connectivity index is 1.88. The molecule has 1 heterocycles. The monoisotopic (exact) mass is 380 g/mol. The predicted octanol–water partition coefficient (Wildman–Crippen LogP) is 7.36. The number of nitriles is 2. The lowest BCUT2D eigenvalue weighted by Crippen LogP contribution is -2.40. The smallest absolute Gasteiger partial charge is 0.151 e. The van der Waals surface area contributed by atoms with E-state index in [1.807, 2.05) is 0 Å². The summed E-state index contributed by atoms with van der Waals surface area (Å²) in [4.78, 5) is 1.23. The molecule has 144 valence electrons. The summed E-state index contributed by atoms with van der Waals surface area (Å²) in [7, 11) is 0. The first-order chi connectivity index (χ1) is 13.2. The van der Waals surface area contributed by atoms with Gasteiger partial charge in [-0.3, -0.25) is 0 Å². The van der Waals surface area contributed by atoms with Gasteiger partial charge in [-0.1, -0.05) is 43.9 Å². The van der Waals surface area contributed by atoms with Crippen LogP contribution in [0, 0.1) is 39.9 Å². The molecule has 27 heavy (non-hydrogen) atoms. The van der Waals surface area contributed by atoms with Gasteiger partial charge in [-0.15, -0.1) is 11.3 Å². The number of hydrogen-bond acceptors (Lipinski definition) is 3. The summed E-state index contributed by atoms with van der Waals surface area (Å²) < 4.78 is 0. The van der Waals surface area contributed by atoms with E-state index in [0.29, 0.717) is 11.8 Å². The minimum atomic E-state index is -0.844. The van der Waals surface area contributed by atoms with Crippen molar-refractivity contribution >= 4 is 11.3 Å². The molecule has 3 heteroatoms. The second-order valence-corrected chi connectivity index (χ2v) is 9.52. The van der Waals surface area contributed by atoms with Gasteiger partial charge in [0.25, 0.3) is 0 Å². The number of rotatable bonds is 7. The molecule has 1 aromatic rings. The average molecular weight is 381 g/mol. The molecule has 0 N–H and O–H groups in total. The molecule has 0 aliphatic heterocycles. The van der Waals surface area contributed by atoms with E-state index in [4.69, 9.17) is 0 Å². The summed E-state index contributed by atoms with van der Waals surface area (Å²) in [5, 5.41) is 22.1. The molecule has 1 aromatic heterocycles. The molecule has 2 nitrogen and oxygen atoms in total. The van der Waals surface area contributed by atoms with Crippen molar-refractivity contribution in [2.45, 2.75) is 84.0 Å². The van der Waals surface area contributed by atoms with Gasteiger partial charge in [0.15, 0.2) is 5.41 Å². The van der Waals surface area contributed by atoms with Crippen molar-refractivity contribution < 1.29 is 0 Å². The summed E-state index contributed by atoms with van der Waals surface area (Å²) >= 11 is 1.71. The average Bonchev–Trinajstić information content (AvgIpc) is 3.23. The van der Waals surface area contributed by atoms with Crippen LogP contribution in [0.25, 0.3) is 0 Å². The second-order valence-electron chi connectivity index (χ2n) is 8.55. The highest BCUT2D eigenvalue weighted by atomic mass is 32.1. The lowest BCUT2D eigenvalue weighted by molar-refractivity contribution is 0.131. The zero-order valence-corrected chi connectivity index (χ0v) is 17.7. The van der Waals surface area contributed by atoms with Crippen LogP contribution in [0.2, 0.25) is 0 Å². The van der Waals surface area contributed by atoms with Crippen molar-refractivity contribution in [1.82, 2.24) is 0 Å². The van der Waals surface area contributed by atoms with Crippen molar-refractivity contribution in [3.8, 4) is 12.1 Å². The molecule has 1 saturated carbocycles. The molecule has 0 spiro atoms. The van der Waals surface area contributed by atoms with Gasteiger partial charge in [0.1, 0.15) is 0 Å². The number of hydrogen-bond donors (Lipinski definition) is 0. The number of thiophene rings is 1. The molecule has 0 radical (unpaired) electrons. The van der Waals surface area contributed by atoms with Crippen LogP contribution < -0.4 is 0 Å². The Kier molecular flexibility index (Phi) is 6.78. The Labute approximate surface area is 168 Å². The largest absolute Gasteiger partial charge is 0.197 e. The summed E-state index contributed by atoms with van der Waals surface area (Å²) in [5.41, 5.74) is 2.55. The van der Waals surface area contributed by atoms with Crippen LogP contribution in [0.4, 0.5) is 0 Å². The third-order valence-electron chi connectivity index (χ3n) is 6.85. The van der Waals surface area contributed by atoms with Crippen LogP contribution in [0.15, 0.2) is 28.7 Å². The highest BCUT2D eigenvalue weighted by Crippen LogP contribution is 2.56. The van der Waals surface area contributed by atoms with Crippen molar-refractivity contribution in [1.29, 1.82) is 10.5 Å². The molecular weight excluding hydrogens is 348 g/mol. The molecule has 0 saturated heterocycles. The zero-order chi connectivity index (χ0) is 19.3. The molecule has 2 aliphatic carbocycles. The maximum atomic E-state index is 10.00. The zero-order valence-electron chi connectivity index (χ0n) is 16.8. The second kappa shape index (κ2) is 9.07. The highest BCUT2D eigenvalue weighted by Gasteiger charge is 2.50. The summed E-state index contributed by atoms with van der Waals surface area (Å²) in [6.07, 6.45) is 11.6. The first-order valence-electron chi connectivity index (χ1n) is 10.7. The maximum Gasteiger partial charge on any atom is 0.151 e. The van der Waals surface area contributed by atoms with Gasteiger partial charge in [-0.2, -0.15) is 10.5 Å². The predicted molar refractivity (Wildman–Crippen MR) is 112 cm³/mol. The van der Waals surface area contributed by atoms with Crippen LogP contribution >= 0.6 is 11.3 Å². The van der Waals surface area contributed by atoms with E-state index in [0.717, 1.165) is 19.3 Å². The third kappa shape index (κ3) is 4.14. The minimum absolute atomic E-state index is 0.0818. The third-order valence-corrected chi connectivity index (χ3v) is 7.84. The molecule has 3 atom stereocenters. The number of allylic oxidation sites excluding steroid dienone is 2. The van der Waals surface area contributed by atoms with Gasteiger partial charge in [0.2, 0.25) is 0 Å². The maximum absolute atomic E-state index is 10.00. The van der Waals surface area contributed by atoms with E-state index in [2.05, 4.69) is 43.5 Å². The fraction of sp³-hybridized carbons (Fsp3) is 0.667. The van der Waals surface area contributed by atoms with Gasteiger partial charge in [0, 0.05) is 10.8 Å². The molecule has 2 aliphatic rings. The van der Waals surface area contributed by atoms with E-state index in [9.17, 15) is 10.5 Å². The van der Waals surface area contributed by atoms with Crippen molar-refractivity contribution in [2.24, 2.45) is 17.3 Å². The minimum Gasteiger partial charge on any atom is -0.197 e. The van der Waals surface area contributed by atoms with Crippen molar-refractivity contribution in [3.05, 3.63) is 33.5 Å². The Morgan fingerprint density at radius 2 is 1.67 bits per heavy atom. The standard InChI is InChI=1S/C24H32N2S/c1-3-5-8-18-12-20-14-22(23-10-7-11-27-23)24(16-25,17-26)15-21(20)13-19(18)9-6-4-2/h7,10-11,20-22H,3-6,8-9,12-15H2,1-2H3/t20-,21+,22-/m1/s1. The van der Waals surface area contributed by atoms with Gasteiger partial charge < -0.3 is 0 Å². The van der Waals surface area contributed by atoms with E-state index in [1.54, 1.807) is 22.5 Å². The lowest BCUT2D eigenvalue weighted by Gasteiger charge is -2.46. The normalized spacial score (nSPS) is 26.9. The van der Waals surface area contributed by atoms with Crippen molar-refractivity contribution in [2.75, 3.05) is 0 Å². The topological polar surface area (TPSA) is 47.6 Å². The molecule has 0 unspecified atom stereocenters. The number of unbranched alkanes of at least 4 members (excludes halogenated alkanes) is 2. The first kappa shape index (κ1) is 20.2. The Bertz CT molecular complexity index is 717. The van der Waals surface area contributed by atoms with Crippen LogP contribution in [0.3, 0.4) is 0 Å². The Morgan fingerprint density at radius 3 is 2.19 bits per heavy atom.